The van der Waals surface area contributed by atoms with Crippen LogP contribution in [0.3, 0.4) is 0 Å². The summed E-state index contributed by atoms with van der Waals surface area (Å²) in [6.45, 7) is 3.23. The number of amides is 1. The van der Waals surface area contributed by atoms with Crippen LogP contribution in [-0.2, 0) is 14.6 Å². The largest absolute Gasteiger partial charge is 0.475 e. The van der Waals surface area contributed by atoms with Crippen LogP contribution in [0.5, 0.6) is 5.75 Å². The summed E-state index contributed by atoms with van der Waals surface area (Å²) >= 11 is 12.1. The summed E-state index contributed by atoms with van der Waals surface area (Å²) in [6, 6.07) is 9.64. The van der Waals surface area contributed by atoms with E-state index >= 15 is 0 Å². The third-order valence-corrected chi connectivity index (χ3v) is 8.19. The summed E-state index contributed by atoms with van der Waals surface area (Å²) in [4.78, 5) is 15.7. The number of hydrogen-bond donors (Lipinski definition) is 1. The van der Waals surface area contributed by atoms with Gasteiger partial charge < -0.3 is 15.0 Å². The van der Waals surface area contributed by atoms with Gasteiger partial charge in [0.15, 0.2) is 21.2 Å². The second-order valence-corrected chi connectivity index (χ2v) is 12.3. The molecule has 2 aromatic carbocycles. The first-order valence-corrected chi connectivity index (χ1v) is 13.7. The van der Waals surface area contributed by atoms with Gasteiger partial charge in [0.2, 0.25) is 0 Å². The van der Waals surface area contributed by atoms with Crippen LogP contribution >= 0.6 is 23.2 Å². The lowest BCUT2D eigenvalue weighted by atomic mass is 9.95. The molecule has 2 saturated heterocycles. The molecule has 184 valence electrons. The smallest absolute Gasteiger partial charge is 0.263 e. The molecule has 1 amide bonds. The van der Waals surface area contributed by atoms with Crippen molar-refractivity contribution in [1.82, 2.24) is 5.32 Å². The predicted octanol–water partition coefficient (Wildman–Crippen LogP) is 5.01. The molecule has 2 heterocycles. The minimum atomic E-state index is -3.24. The Kier molecular flexibility index (Phi) is 6.79. The molecule has 0 saturated carbocycles. The Morgan fingerprint density at radius 1 is 1.09 bits per heavy atom. The van der Waals surface area contributed by atoms with Crippen LogP contribution < -0.4 is 15.0 Å². The molecule has 0 radical (unpaired) electrons. The van der Waals surface area contributed by atoms with Crippen LogP contribution in [0.25, 0.3) is 0 Å². The van der Waals surface area contributed by atoms with Crippen molar-refractivity contribution < 1.29 is 22.3 Å². The van der Waals surface area contributed by atoms with Crippen molar-refractivity contribution >= 4 is 44.6 Å². The van der Waals surface area contributed by atoms with E-state index < -0.39 is 21.3 Å². The van der Waals surface area contributed by atoms with Crippen molar-refractivity contribution in [2.24, 2.45) is 0 Å². The molecule has 2 bridgehead atoms. The maximum absolute atomic E-state index is 13.5. The fourth-order valence-electron chi connectivity index (χ4n) is 4.87. The number of sulfone groups is 1. The summed E-state index contributed by atoms with van der Waals surface area (Å²) in [5, 5.41) is 3.10. The fourth-order valence-corrected chi connectivity index (χ4v) is 6.04. The molecule has 2 unspecified atom stereocenters. The topological polar surface area (TPSA) is 75.7 Å². The predicted molar refractivity (Wildman–Crippen MR) is 131 cm³/mol. The van der Waals surface area contributed by atoms with Gasteiger partial charge in [-0.1, -0.05) is 23.2 Å². The van der Waals surface area contributed by atoms with Gasteiger partial charge in [0.25, 0.3) is 5.91 Å². The zero-order valence-electron chi connectivity index (χ0n) is 19.1. The van der Waals surface area contributed by atoms with Crippen LogP contribution in [0.2, 0.25) is 10.0 Å². The highest BCUT2D eigenvalue weighted by Gasteiger charge is 2.43. The maximum Gasteiger partial charge on any atom is 0.263 e. The van der Waals surface area contributed by atoms with Gasteiger partial charge in [0.05, 0.1) is 14.9 Å². The standard InChI is InChI=1S/C24H27Cl2FN2O4S/c1-24(2,33-22-20(25)10-14(27)11-21(22)26)23(30)28-15-12-17-4-5-18(13-15)29(17)16-6-8-19(9-7-16)34(3,31)32/h6-11,15,17-18H,4-5,12-13H2,1-3H3,(H,28,30). The average molecular weight is 529 g/mol. The van der Waals surface area contributed by atoms with Crippen molar-refractivity contribution in [3.8, 4) is 5.75 Å². The Morgan fingerprint density at radius 2 is 1.62 bits per heavy atom. The van der Waals surface area contributed by atoms with E-state index in [0.29, 0.717) is 4.90 Å². The van der Waals surface area contributed by atoms with Gasteiger partial charge in [-0.05, 0) is 75.9 Å². The first-order valence-electron chi connectivity index (χ1n) is 11.1. The van der Waals surface area contributed by atoms with E-state index in [2.05, 4.69) is 10.2 Å². The number of benzene rings is 2. The molecule has 1 N–H and O–H groups in total. The van der Waals surface area contributed by atoms with Gasteiger partial charge in [-0.3, -0.25) is 4.79 Å². The number of carbonyl (C=O) groups excluding carboxylic acids is 1. The molecule has 2 atom stereocenters. The average Bonchev–Trinajstić information content (AvgIpc) is 3.00. The number of rotatable bonds is 6. The minimum absolute atomic E-state index is 0.000816. The number of fused-ring (bicyclic) bond motifs is 2. The van der Waals surface area contributed by atoms with E-state index in [1.807, 2.05) is 12.1 Å². The Labute approximate surface area is 209 Å². The van der Waals surface area contributed by atoms with E-state index in [-0.39, 0.29) is 39.8 Å². The first kappa shape index (κ1) is 25.1. The molecule has 0 aromatic heterocycles. The monoisotopic (exact) mass is 528 g/mol. The van der Waals surface area contributed by atoms with Gasteiger partial charge in [0, 0.05) is 30.1 Å². The van der Waals surface area contributed by atoms with Crippen molar-refractivity contribution in [3.63, 3.8) is 0 Å². The van der Waals surface area contributed by atoms with Gasteiger partial charge in [-0.2, -0.15) is 0 Å². The van der Waals surface area contributed by atoms with Crippen molar-refractivity contribution in [1.29, 1.82) is 0 Å². The molecule has 2 aliphatic rings. The molecule has 2 aliphatic heterocycles. The summed E-state index contributed by atoms with van der Waals surface area (Å²) in [6.07, 6.45) is 4.74. The van der Waals surface area contributed by atoms with Crippen LogP contribution in [0.4, 0.5) is 10.1 Å². The molecule has 10 heteroatoms. The van der Waals surface area contributed by atoms with E-state index in [1.165, 1.54) is 6.26 Å². The van der Waals surface area contributed by atoms with E-state index in [9.17, 15) is 17.6 Å². The van der Waals surface area contributed by atoms with Gasteiger partial charge in [0.1, 0.15) is 5.82 Å². The highest BCUT2D eigenvalue weighted by atomic mass is 35.5. The molecule has 6 nitrogen and oxygen atoms in total. The number of hydrogen-bond acceptors (Lipinski definition) is 5. The van der Waals surface area contributed by atoms with Crippen LogP contribution in [0.15, 0.2) is 41.3 Å². The molecular weight excluding hydrogens is 502 g/mol. The van der Waals surface area contributed by atoms with E-state index in [1.54, 1.807) is 26.0 Å². The zero-order chi connectivity index (χ0) is 24.8. The fraction of sp³-hybridized carbons (Fsp3) is 0.458. The quantitative estimate of drug-likeness (QED) is 0.570. The lowest BCUT2D eigenvalue weighted by Crippen LogP contribution is -2.55. The normalized spacial score (nSPS) is 22.5. The number of halogens is 3. The molecule has 0 spiro atoms. The zero-order valence-corrected chi connectivity index (χ0v) is 21.5. The Hall–Kier alpha value is -2.03. The maximum atomic E-state index is 13.5. The van der Waals surface area contributed by atoms with Crippen LogP contribution in [-0.4, -0.2) is 44.3 Å². The number of anilines is 1. The van der Waals surface area contributed by atoms with Gasteiger partial charge >= 0.3 is 0 Å². The third kappa shape index (κ3) is 5.14. The highest BCUT2D eigenvalue weighted by Crippen LogP contribution is 2.40. The summed E-state index contributed by atoms with van der Waals surface area (Å²) in [5.41, 5.74) is -0.281. The second-order valence-electron chi connectivity index (χ2n) is 9.51. The number of nitrogens with one attached hydrogen (secondary N) is 1. The van der Waals surface area contributed by atoms with Gasteiger partial charge in [-0.15, -0.1) is 0 Å². The van der Waals surface area contributed by atoms with E-state index in [4.69, 9.17) is 27.9 Å². The lowest BCUT2D eigenvalue weighted by molar-refractivity contribution is -0.135. The molecule has 0 aliphatic carbocycles. The Bertz CT molecular complexity index is 1170. The number of piperidine rings is 1. The van der Waals surface area contributed by atoms with Gasteiger partial charge in [-0.25, -0.2) is 12.8 Å². The third-order valence-electron chi connectivity index (χ3n) is 6.50. The molecule has 34 heavy (non-hydrogen) atoms. The van der Waals surface area contributed by atoms with Crippen LogP contribution in [0.1, 0.15) is 39.5 Å². The van der Waals surface area contributed by atoms with Crippen molar-refractivity contribution in [2.75, 3.05) is 11.2 Å². The lowest BCUT2D eigenvalue weighted by Gasteiger charge is -2.41. The highest BCUT2D eigenvalue weighted by molar-refractivity contribution is 7.90. The first-order chi connectivity index (χ1) is 15.8. The second kappa shape index (κ2) is 9.21. The molecule has 4 rings (SSSR count). The molecular formula is C24H27Cl2FN2O4S. The Morgan fingerprint density at radius 3 is 2.12 bits per heavy atom. The summed E-state index contributed by atoms with van der Waals surface area (Å²) < 4.78 is 42.8. The minimum Gasteiger partial charge on any atom is -0.475 e. The summed E-state index contributed by atoms with van der Waals surface area (Å²) in [5.74, 6) is -0.825. The van der Waals surface area contributed by atoms with Crippen molar-refractivity contribution in [3.05, 3.63) is 52.3 Å². The SMILES string of the molecule is CC(C)(Oc1c(Cl)cc(F)cc1Cl)C(=O)NC1CC2CCC(C1)N2c1ccc(S(C)(=O)=O)cc1. The van der Waals surface area contributed by atoms with Crippen molar-refractivity contribution in [2.45, 2.75) is 68.2 Å². The van der Waals surface area contributed by atoms with Crippen LogP contribution in [0, 0.1) is 5.82 Å². The summed E-state index contributed by atoms with van der Waals surface area (Å²) in [7, 11) is -3.24. The van der Waals surface area contributed by atoms with E-state index in [0.717, 1.165) is 43.5 Å². The molecule has 2 fully saturated rings. The number of nitrogens with zero attached hydrogens (tertiary/aromatic N) is 1. The number of ether oxygens (including phenoxy) is 1. The Balaban J connectivity index is 1.42. The number of carbonyl (C=O) groups is 1. The molecule has 2 aromatic rings.